The van der Waals surface area contributed by atoms with Gasteiger partial charge in [0.05, 0.1) is 16.4 Å². The number of hydrogen-bond acceptors (Lipinski definition) is 5. The second-order valence-corrected chi connectivity index (χ2v) is 6.22. The van der Waals surface area contributed by atoms with E-state index in [9.17, 15) is 0 Å². The molecule has 0 aromatic carbocycles. The van der Waals surface area contributed by atoms with E-state index in [2.05, 4.69) is 29.5 Å². The highest BCUT2D eigenvalue weighted by atomic mass is 32.1. The first-order valence-corrected chi connectivity index (χ1v) is 7.40. The largest absolute Gasteiger partial charge is 0.306 e. The number of rotatable bonds is 4. The standard InChI is InChI=1S/C12H17N3S2/c1-5-9-7(2)17-12(15-9)11(13-4)10-6-16-8(3)14-10/h6,11,13H,5H2,1-4H3. The Morgan fingerprint density at radius 2 is 2.12 bits per heavy atom. The number of thiazole rings is 2. The average molecular weight is 267 g/mol. The number of hydrogen-bond donors (Lipinski definition) is 1. The van der Waals surface area contributed by atoms with Crippen LogP contribution in [0.1, 0.15) is 39.2 Å². The molecular weight excluding hydrogens is 250 g/mol. The van der Waals surface area contributed by atoms with Gasteiger partial charge in [0.2, 0.25) is 0 Å². The minimum absolute atomic E-state index is 0.129. The van der Waals surface area contributed by atoms with Crippen LogP contribution in [0.5, 0.6) is 0 Å². The molecule has 5 heteroatoms. The molecule has 0 fully saturated rings. The Labute approximate surface area is 110 Å². The van der Waals surface area contributed by atoms with E-state index in [-0.39, 0.29) is 6.04 Å². The number of nitrogens with one attached hydrogen (secondary N) is 1. The monoisotopic (exact) mass is 267 g/mol. The molecule has 2 rings (SSSR count). The summed E-state index contributed by atoms with van der Waals surface area (Å²) >= 11 is 3.45. The molecule has 0 bridgehead atoms. The highest BCUT2D eigenvalue weighted by molar-refractivity contribution is 7.12. The Kier molecular flexibility index (Phi) is 3.91. The van der Waals surface area contributed by atoms with Gasteiger partial charge in [-0.3, -0.25) is 0 Å². The molecule has 0 aliphatic heterocycles. The van der Waals surface area contributed by atoms with Gasteiger partial charge in [-0.1, -0.05) is 6.92 Å². The Bertz CT molecular complexity index is 502. The third kappa shape index (κ3) is 2.56. The van der Waals surface area contributed by atoms with Gasteiger partial charge in [-0.15, -0.1) is 22.7 Å². The Morgan fingerprint density at radius 3 is 2.59 bits per heavy atom. The van der Waals surface area contributed by atoms with Crippen LogP contribution in [0, 0.1) is 13.8 Å². The summed E-state index contributed by atoms with van der Waals surface area (Å²) in [7, 11) is 1.96. The molecule has 1 N–H and O–H groups in total. The lowest BCUT2D eigenvalue weighted by molar-refractivity contribution is 0.666. The first-order chi connectivity index (χ1) is 8.15. The summed E-state index contributed by atoms with van der Waals surface area (Å²) in [5.74, 6) is 0. The molecule has 0 amide bonds. The van der Waals surface area contributed by atoms with Gasteiger partial charge in [0, 0.05) is 10.3 Å². The van der Waals surface area contributed by atoms with Gasteiger partial charge < -0.3 is 5.32 Å². The first-order valence-electron chi connectivity index (χ1n) is 5.71. The maximum Gasteiger partial charge on any atom is 0.116 e. The summed E-state index contributed by atoms with van der Waals surface area (Å²) in [6, 6.07) is 0.129. The summed E-state index contributed by atoms with van der Waals surface area (Å²) in [6.07, 6.45) is 0.995. The molecule has 0 aliphatic carbocycles. The number of aryl methyl sites for hydroxylation is 3. The normalized spacial score (nSPS) is 12.9. The van der Waals surface area contributed by atoms with Crippen molar-refractivity contribution in [1.29, 1.82) is 0 Å². The lowest BCUT2D eigenvalue weighted by Crippen LogP contribution is -2.17. The Morgan fingerprint density at radius 1 is 1.35 bits per heavy atom. The molecule has 92 valence electrons. The number of nitrogens with zero attached hydrogens (tertiary/aromatic N) is 2. The molecular formula is C12H17N3S2. The van der Waals surface area contributed by atoms with Crippen LogP contribution < -0.4 is 5.32 Å². The minimum atomic E-state index is 0.129. The number of aromatic nitrogens is 2. The molecule has 0 aliphatic rings. The van der Waals surface area contributed by atoms with E-state index in [4.69, 9.17) is 4.98 Å². The van der Waals surface area contributed by atoms with E-state index >= 15 is 0 Å². The van der Waals surface area contributed by atoms with E-state index in [0.717, 1.165) is 22.1 Å². The lowest BCUT2D eigenvalue weighted by Gasteiger charge is -2.10. The predicted octanol–water partition coefficient (Wildman–Crippen LogP) is 3.09. The fourth-order valence-electron chi connectivity index (χ4n) is 1.81. The summed E-state index contributed by atoms with van der Waals surface area (Å²) in [6.45, 7) is 6.32. The van der Waals surface area contributed by atoms with Crippen molar-refractivity contribution in [1.82, 2.24) is 15.3 Å². The third-order valence-corrected chi connectivity index (χ3v) is 4.58. The van der Waals surface area contributed by atoms with Gasteiger partial charge in [0.1, 0.15) is 11.0 Å². The molecule has 17 heavy (non-hydrogen) atoms. The van der Waals surface area contributed by atoms with E-state index in [0.29, 0.717) is 0 Å². The summed E-state index contributed by atoms with van der Waals surface area (Å²) in [4.78, 5) is 10.6. The molecule has 3 nitrogen and oxygen atoms in total. The van der Waals surface area contributed by atoms with E-state index < -0.39 is 0 Å². The van der Waals surface area contributed by atoms with Crippen molar-refractivity contribution >= 4 is 22.7 Å². The summed E-state index contributed by atoms with van der Waals surface area (Å²) < 4.78 is 0. The van der Waals surface area contributed by atoms with Crippen LogP contribution in [0.3, 0.4) is 0 Å². The predicted molar refractivity (Wildman–Crippen MR) is 74.0 cm³/mol. The molecule has 1 atom stereocenters. The maximum atomic E-state index is 4.71. The van der Waals surface area contributed by atoms with E-state index in [1.54, 1.807) is 22.7 Å². The van der Waals surface area contributed by atoms with Crippen LogP contribution in [0.4, 0.5) is 0 Å². The van der Waals surface area contributed by atoms with Crippen molar-refractivity contribution < 1.29 is 0 Å². The van der Waals surface area contributed by atoms with Crippen LogP contribution in [-0.2, 0) is 6.42 Å². The van der Waals surface area contributed by atoms with E-state index in [1.807, 2.05) is 14.0 Å². The van der Waals surface area contributed by atoms with Crippen molar-refractivity contribution in [2.45, 2.75) is 33.2 Å². The third-order valence-electron chi connectivity index (χ3n) is 2.71. The quantitative estimate of drug-likeness (QED) is 0.925. The van der Waals surface area contributed by atoms with Crippen LogP contribution in [-0.4, -0.2) is 17.0 Å². The van der Waals surface area contributed by atoms with Crippen molar-refractivity contribution in [3.05, 3.63) is 31.7 Å². The van der Waals surface area contributed by atoms with Gasteiger partial charge >= 0.3 is 0 Å². The molecule has 2 aromatic heterocycles. The van der Waals surface area contributed by atoms with Crippen molar-refractivity contribution in [3.63, 3.8) is 0 Å². The zero-order valence-electron chi connectivity index (χ0n) is 10.6. The smallest absolute Gasteiger partial charge is 0.116 e. The molecule has 2 heterocycles. The first kappa shape index (κ1) is 12.7. The highest BCUT2D eigenvalue weighted by Gasteiger charge is 2.19. The van der Waals surface area contributed by atoms with Crippen molar-refractivity contribution in [3.8, 4) is 0 Å². The highest BCUT2D eigenvalue weighted by Crippen LogP contribution is 2.28. The van der Waals surface area contributed by atoms with Gasteiger partial charge in [0.25, 0.3) is 0 Å². The lowest BCUT2D eigenvalue weighted by atomic mass is 10.2. The van der Waals surface area contributed by atoms with E-state index in [1.165, 1.54) is 10.6 Å². The molecule has 0 saturated carbocycles. The molecule has 0 saturated heterocycles. The fraction of sp³-hybridized carbons (Fsp3) is 0.500. The van der Waals surface area contributed by atoms with Gasteiger partial charge in [0.15, 0.2) is 0 Å². The van der Waals surface area contributed by atoms with Gasteiger partial charge in [-0.25, -0.2) is 9.97 Å². The van der Waals surface area contributed by atoms with Gasteiger partial charge in [-0.05, 0) is 27.3 Å². The molecule has 0 spiro atoms. The average Bonchev–Trinajstić information content (AvgIpc) is 2.87. The molecule has 1 unspecified atom stereocenters. The van der Waals surface area contributed by atoms with Crippen molar-refractivity contribution in [2.75, 3.05) is 7.05 Å². The van der Waals surface area contributed by atoms with Crippen LogP contribution in [0.25, 0.3) is 0 Å². The second-order valence-electron chi connectivity index (χ2n) is 3.92. The van der Waals surface area contributed by atoms with Crippen LogP contribution in [0.2, 0.25) is 0 Å². The zero-order valence-corrected chi connectivity index (χ0v) is 12.2. The Hall–Kier alpha value is -0.780. The fourth-order valence-corrected chi connectivity index (χ4v) is 3.58. The SMILES string of the molecule is CCc1nc(C(NC)c2csc(C)n2)sc1C. The Balaban J connectivity index is 2.34. The topological polar surface area (TPSA) is 37.8 Å². The van der Waals surface area contributed by atoms with Crippen LogP contribution in [0.15, 0.2) is 5.38 Å². The van der Waals surface area contributed by atoms with Crippen LogP contribution >= 0.6 is 22.7 Å². The summed E-state index contributed by atoms with van der Waals surface area (Å²) in [5, 5.41) is 7.63. The molecule has 2 aromatic rings. The van der Waals surface area contributed by atoms with Gasteiger partial charge in [-0.2, -0.15) is 0 Å². The second kappa shape index (κ2) is 5.25. The minimum Gasteiger partial charge on any atom is -0.306 e. The zero-order chi connectivity index (χ0) is 12.4. The maximum absolute atomic E-state index is 4.71. The van der Waals surface area contributed by atoms with Crippen molar-refractivity contribution in [2.24, 2.45) is 0 Å². The summed E-state index contributed by atoms with van der Waals surface area (Å²) in [5.41, 5.74) is 2.28. The molecule has 0 radical (unpaired) electrons.